The van der Waals surface area contributed by atoms with Gasteiger partial charge in [-0.3, -0.25) is 0 Å². The first-order valence-corrected chi connectivity index (χ1v) is 2.79. The van der Waals surface area contributed by atoms with E-state index in [9.17, 15) is 0 Å². The fourth-order valence-electron chi connectivity index (χ4n) is 0. The van der Waals surface area contributed by atoms with Gasteiger partial charge >= 0.3 is 0 Å². The molecule has 0 radical (unpaired) electrons. The molecule has 2 atom stereocenters. The van der Waals surface area contributed by atoms with Crippen molar-refractivity contribution in [3.63, 3.8) is 0 Å². The Balaban J connectivity index is 2.99. The van der Waals surface area contributed by atoms with E-state index < -0.39 is 0 Å². The van der Waals surface area contributed by atoms with Gasteiger partial charge in [-0.05, 0) is 0 Å². The first-order chi connectivity index (χ1) is 2.64. The van der Waals surface area contributed by atoms with Gasteiger partial charge in [-0.1, -0.05) is 6.92 Å². The van der Waals surface area contributed by atoms with Crippen LogP contribution >= 0.6 is 25.3 Å². The molecule has 0 heterocycles. The van der Waals surface area contributed by atoms with E-state index in [1.807, 2.05) is 6.92 Å². The summed E-state index contributed by atoms with van der Waals surface area (Å²) in [5, 5.41) is 0.0988. The average Bonchev–Trinajstić information content (AvgIpc) is 1.36. The molecule has 0 saturated heterocycles. The Kier molecular flexibility index (Phi) is 3.08. The number of rotatable bonds is 1. The number of hydrogen-bond acceptors (Lipinski definition) is 3. The molecule has 3 heteroatoms. The lowest BCUT2D eigenvalue weighted by Crippen LogP contribution is -2.21. The van der Waals surface area contributed by atoms with E-state index in [2.05, 4.69) is 25.3 Å². The van der Waals surface area contributed by atoms with E-state index in [0.29, 0.717) is 0 Å². The quantitative estimate of drug-likeness (QED) is 0.344. The maximum absolute atomic E-state index is 5.22. The summed E-state index contributed by atoms with van der Waals surface area (Å²) >= 11 is 7.89. The Labute approximate surface area is 49.1 Å². The SMILES string of the molecule is CC(S)C(N)S. The predicted molar refractivity (Wildman–Crippen MR) is 35.4 cm³/mol. The molecule has 0 fully saturated rings. The van der Waals surface area contributed by atoms with Gasteiger partial charge in [-0.2, -0.15) is 25.3 Å². The topological polar surface area (TPSA) is 26.0 Å². The van der Waals surface area contributed by atoms with Crippen LogP contribution in [-0.2, 0) is 0 Å². The summed E-state index contributed by atoms with van der Waals surface area (Å²) < 4.78 is 0. The van der Waals surface area contributed by atoms with Gasteiger partial charge in [-0.15, -0.1) is 0 Å². The molecule has 0 bridgehead atoms. The smallest absolute Gasteiger partial charge is 0.0592 e. The van der Waals surface area contributed by atoms with Crippen LogP contribution in [0.2, 0.25) is 0 Å². The maximum atomic E-state index is 5.22. The van der Waals surface area contributed by atoms with Gasteiger partial charge in [0.25, 0.3) is 0 Å². The number of nitrogens with two attached hydrogens (primary N) is 1. The third-order valence-electron chi connectivity index (χ3n) is 0.494. The number of thiol groups is 2. The molecule has 0 aliphatic heterocycles. The monoisotopic (exact) mass is 123 g/mol. The van der Waals surface area contributed by atoms with E-state index in [0.717, 1.165) is 0 Å². The summed E-state index contributed by atoms with van der Waals surface area (Å²) in [6.45, 7) is 1.90. The van der Waals surface area contributed by atoms with E-state index >= 15 is 0 Å². The Morgan fingerprint density at radius 2 is 1.67 bits per heavy atom. The van der Waals surface area contributed by atoms with Crippen molar-refractivity contribution >= 4 is 25.3 Å². The van der Waals surface area contributed by atoms with Gasteiger partial charge in [0.15, 0.2) is 0 Å². The molecular formula is C3H9NS2. The molecule has 2 unspecified atom stereocenters. The highest BCUT2D eigenvalue weighted by atomic mass is 32.1. The van der Waals surface area contributed by atoms with Crippen molar-refractivity contribution < 1.29 is 0 Å². The largest absolute Gasteiger partial charge is 0.319 e. The van der Waals surface area contributed by atoms with Crippen molar-refractivity contribution in [2.75, 3.05) is 0 Å². The van der Waals surface area contributed by atoms with Gasteiger partial charge in [0.05, 0.1) is 5.37 Å². The molecule has 1 nitrogen and oxygen atoms in total. The molecule has 0 aromatic heterocycles. The number of hydrogen-bond donors (Lipinski definition) is 3. The average molecular weight is 123 g/mol. The highest BCUT2D eigenvalue weighted by Gasteiger charge is 1.98. The zero-order valence-electron chi connectivity index (χ0n) is 3.63. The molecule has 0 aromatic carbocycles. The molecule has 0 spiro atoms. The maximum Gasteiger partial charge on any atom is 0.0592 e. The lowest BCUT2D eigenvalue weighted by Gasteiger charge is -2.04. The first kappa shape index (κ1) is 6.66. The normalized spacial score (nSPS) is 20.0. The van der Waals surface area contributed by atoms with Crippen LogP contribution in [0.1, 0.15) is 6.92 Å². The second-order valence-electron chi connectivity index (χ2n) is 1.23. The van der Waals surface area contributed by atoms with E-state index in [-0.39, 0.29) is 10.6 Å². The zero-order chi connectivity index (χ0) is 5.15. The van der Waals surface area contributed by atoms with Gasteiger partial charge in [-0.25, -0.2) is 0 Å². The van der Waals surface area contributed by atoms with E-state index in [4.69, 9.17) is 5.73 Å². The molecule has 0 aliphatic rings. The Bertz CT molecular complexity index is 29.8. The summed E-state index contributed by atoms with van der Waals surface area (Å²) in [7, 11) is 0. The molecule has 0 rings (SSSR count). The van der Waals surface area contributed by atoms with Gasteiger partial charge in [0, 0.05) is 5.25 Å². The molecule has 0 saturated carbocycles. The summed E-state index contributed by atoms with van der Waals surface area (Å²) in [5.74, 6) is 0. The molecule has 38 valence electrons. The highest BCUT2D eigenvalue weighted by Crippen LogP contribution is 1.99. The lowest BCUT2D eigenvalue weighted by molar-refractivity contribution is 0.901. The van der Waals surface area contributed by atoms with Crippen molar-refractivity contribution in [2.24, 2.45) is 5.73 Å². The molecule has 2 N–H and O–H groups in total. The highest BCUT2D eigenvalue weighted by molar-refractivity contribution is 7.85. The minimum Gasteiger partial charge on any atom is -0.319 e. The second-order valence-corrected chi connectivity index (χ2v) is 2.64. The fraction of sp³-hybridized carbons (Fsp3) is 1.00. The standard InChI is InChI=1S/C3H9NS2/c1-2(5)3(4)6/h2-3,5-6H,4H2,1H3. The van der Waals surface area contributed by atoms with Crippen molar-refractivity contribution in [1.82, 2.24) is 0 Å². The van der Waals surface area contributed by atoms with E-state index in [1.54, 1.807) is 0 Å². The van der Waals surface area contributed by atoms with Crippen LogP contribution < -0.4 is 5.73 Å². The van der Waals surface area contributed by atoms with Crippen LogP contribution in [0.3, 0.4) is 0 Å². The minimum absolute atomic E-state index is 0.0895. The first-order valence-electron chi connectivity index (χ1n) is 1.76. The third-order valence-corrected chi connectivity index (χ3v) is 1.50. The molecule has 0 aromatic rings. The summed E-state index contributed by atoms with van der Waals surface area (Å²) in [6, 6.07) is 0. The molecule has 0 aliphatic carbocycles. The third kappa shape index (κ3) is 2.87. The summed E-state index contributed by atoms with van der Waals surface area (Å²) in [6.07, 6.45) is 0. The Morgan fingerprint density at radius 3 is 1.67 bits per heavy atom. The zero-order valence-corrected chi connectivity index (χ0v) is 5.42. The second kappa shape index (κ2) is 2.77. The van der Waals surface area contributed by atoms with Crippen LogP contribution in [-0.4, -0.2) is 10.6 Å². The van der Waals surface area contributed by atoms with Crippen molar-refractivity contribution in [3.05, 3.63) is 0 Å². The van der Waals surface area contributed by atoms with Crippen LogP contribution in [0, 0.1) is 0 Å². The minimum atomic E-state index is -0.0895. The van der Waals surface area contributed by atoms with Crippen LogP contribution in [0.5, 0.6) is 0 Å². The lowest BCUT2D eigenvalue weighted by atomic mass is 10.5. The van der Waals surface area contributed by atoms with E-state index in [1.165, 1.54) is 0 Å². The molecule has 0 amide bonds. The summed E-state index contributed by atoms with van der Waals surface area (Å²) in [4.78, 5) is 0. The van der Waals surface area contributed by atoms with Crippen LogP contribution in [0.15, 0.2) is 0 Å². The van der Waals surface area contributed by atoms with Gasteiger partial charge in [0.2, 0.25) is 0 Å². The Hall–Kier alpha value is 0.660. The van der Waals surface area contributed by atoms with Crippen LogP contribution in [0.25, 0.3) is 0 Å². The van der Waals surface area contributed by atoms with Gasteiger partial charge in [0.1, 0.15) is 0 Å². The van der Waals surface area contributed by atoms with Crippen LogP contribution in [0.4, 0.5) is 0 Å². The van der Waals surface area contributed by atoms with Crippen molar-refractivity contribution in [3.8, 4) is 0 Å². The Morgan fingerprint density at radius 1 is 1.50 bits per heavy atom. The summed E-state index contributed by atoms with van der Waals surface area (Å²) in [5.41, 5.74) is 5.22. The predicted octanol–water partition coefficient (Wildman–Crippen LogP) is 0.519. The van der Waals surface area contributed by atoms with Gasteiger partial charge < -0.3 is 5.73 Å². The van der Waals surface area contributed by atoms with Crippen molar-refractivity contribution in [2.45, 2.75) is 17.5 Å². The molecular weight excluding hydrogens is 114 g/mol. The van der Waals surface area contributed by atoms with Crippen molar-refractivity contribution in [1.29, 1.82) is 0 Å². The molecule has 6 heavy (non-hydrogen) atoms. The fourth-order valence-corrected chi connectivity index (χ4v) is 0.